The van der Waals surface area contributed by atoms with E-state index in [1.165, 1.54) is 11.1 Å². The molecule has 0 saturated carbocycles. The minimum absolute atomic E-state index is 0.105. The molecule has 0 spiro atoms. The molecule has 0 radical (unpaired) electrons. The fourth-order valence-electron chi connectivity index (χ4n) is 1.78. The van der Waals surface area contributed by atoms with Gasteiger partial charge in [0.2, 0.25) is 5.91 Å². The molecule has 1 amide bonds. The largest absolute Gasteiger partial charge is 0.466 e. The number of nitriles is 2. The standard InChI is InChI=1S/C13H16N4O3/c1-2-5-20-12(18)6-11-13(19)16-3-4-17(11)9-10(7-14)8-15/h9,11H,2-6H2,1H3,(H,16,19). The molecule has 7 heteroatoms. The van der Waals surface area contributed by atoms with Gasteiger partial charge in [0.05, 0.1) is 13.0 Å². The topological polar surface area (TPSA) is 106 Å². The summed E-state index contributed by atoms with van der Waals surface area (Å²) in [6.07, 6.45) is 1.92. The highest BCUT2D eigenvalue weighted by Crippen LogP contribution is 2.12. The zero-order chi connectivity index (χ0) is 15.0. The molecular formula is C13H16N4O3. The van der Waals surface area contributed by atoms with Gasteiger partial charge in [-0.2, -0.15) is 10.5 Å². The fourth-order valence-corrected chi connectivity index (χ4v) is 1.78. The van der Waals surface area contributed by atoms with E-state index in [1.807, 2.05) is 6.92 Å². The maximum Gasteiger partial charge on any atom is 0.308 e. The van der Waals surface area contributed by atoms with Gasteiger partial charge in [0.1, 0.15) is 23.8 Å². The number of nitrogens with zero attached hydrogens (tertiary/aromatic N) is 3. The third kappa shape index (κ3) is 4.29. The van der Waals surface area contributed by atoms with E-state index in [2.05, 4.69) is 5.32 Å². The molecule has 106 valence electrons. The van der Waals surface area contributed by atoms with Crippen LogP contribution in [0.2, 0.25) is 0 Å². The predicted molar refractivity (Wildman–Crippen MR) is 68.7 cm³/mol. The minimum atomic E-state index is -0.746. The van der Waals surface area contributed by atoms with Gasteiger partial charge in [-0.25, -0.2) is 0 Å². The lowest BCUT2D eigenvalue weighted by Crippen LogP contribution is -2.54. The van der Waals surface area contributed by atoms with Gasteiger partial charge in [-0.05, 0) is 6.42 Å². The van der Waals surface area contributed by atoms with E-state index >= 15 is 0 Å². The van der Waals surface area contributed by atoms with Crippen LogP contribution >= 0.6 is 0 Å². The highest BCUT2D eigenvalue weighted by atomic mass is 16.5. The summed E-state index contributed by atoms with van der Waals surface area (Å²) in [5.74, 6) is -0.779. The van der Waals surface area contributed by atoms with E-state index in [4.69, 9.17) is 15.3 Å². The Morgan fingerprint density at radius 2 is 2.25 bits per heavy atom. The molecular weight excluding hydrogens is 260 g/mol. The molecule has 1 atom stereocenters. The van der Waals surface area contributed by atoms with E-state index in [1.54, 1.807) is 12.1 Å². The van der Waals surface area contributed by atoms with Gasteiger partial charge in [0.25, 0.3) is 0 Å². The quantitative estimate of drug-likeness (QED) is 0.562. The molecule has 1 aliphatic rings. The summed E-state index contributed by atoms with van der Waals surface area (Å²) in [7, 11) is 0. The van der Waals surface area contributed by atoms with Crippen LogP contribution in [0, 0.1) is 22.7 Å². The van der Waals surface area contributed by atoms with E-state index in [9.17, 15) is 9.59 Å². The molecule has 0 aromatic rings. The minimum Gasteiger partial charge on any atom is -0.466 e. The summed E-state index contributed by atoms with van der Waals surface area (Å²) >= 11 is 0. The Balaban J connectivity index is 2.79. The molecule has 20 heavy (non-hydrogen) atoms. The summed E-state index contributed by atoms with van der Waals surface area (Å²) in [5.41, 5.74) is -0.105. The van der Waals surface area contributed by atoms with E-state index in [0.29, 0.717) is 26.1 Å². The van der Waals surface area contributed by atoms with Crippen LogP contribution in [-0.2, 0) is 14.3 Å². The van der Waals surface area contributed by atoms with Crippen molar-refractivity contribution in [2.45, 2.75) is 25.8 Å². The zero-order valence-corrected chi connectivity index (χ0v) is 11.3. The van der Waals surface area contributed by atoms with Gasteiger partial charge < -0.3 is 15.0 Å². The van der Waals surface area contributed by atoms with Crippen LogP contribution in [-0.4, -0.2) is 42.5 Å². The molecule has 1 heterocycles. The molecule has 1 aliphatic heterocycles. The number of rotatable bonds is 5. The second-order valence-corrected chi connectivity index (χ2v) is 4.24. The number of ether oxygens (including phenoxy) is 1. The van der Waals surface area contributed by atoms with Crippen molar-refractivity contribution in [3.05, 3.63) is 11.8 Å². The van der Waals surface area contributed by atoms with Gasteiger partial charge in [0.15, 0.2) is 0 Å². The molecule has 1 N–H and O–H groups in total. The summed E-state index contributed by atoms with van der Waals surface area (Å²) in [5, 5.41) is 20.1. The van der Waals surface area contributed by atoms with Crippen molar-refractivity contribution in [2.24, 2.45) is 0 Å². The fraction of sp³-hybridized carbons (Fsp3) is 0.538. The first-order valence-electron chi connectivity index (χ1n) is 6.33. The number of hydrogen-bond acceptors (Lipinski definition) is 6. The Bertz CT molecular complexity index is 471. The first kappa shape index (κ1) is 15.5. The molecule has 0 aromatic carbocycles. The van der Waals surface area contributed by atoms with Crippen molar-refractivity contribution >= 4 is 11.9 Å². The van der Waals surface area contributed by atoms with Crippen LogP contribution in [0.4, 0.5) is 0 Å². The van der Waals surface area contributed by atoms with Gasteiger partial charge >= 0.3 is 5.97 Å². The number of carbonyl (C=O) groups excluding carboxylic acids is 2. The number of hydrogen-bond donors (Lipinski definition) is 1. The molecule has 0 bridgehead atoms. The smallest absolute Gasteiger partial charge is 0.308 e. The average molecular weight is 276 g/mol. The van der Waals surface area contributed by atoms with Gasteiger partial charge in [0, 0.05) is 19.3 Å². The number of nitrogens with one attached hydrogen (secondary N) is 1. The Labute approximate surface area is 117 Å². The Morgan fingerprint density at radius 1 is 1.55 bits per heavy atom. The zero-order valence-electron chi connectivity index (χ0n) is 11.3. The van der Waals surface area contributed by atoms with E-state index in [-0.39, 0.29) is 17.9 Å². The molecule has 7 nitrogen and oxygen atoms in total. The number of allylic oxidation sites excluding steroid dienone is 1. The SMILES string of the molecule is CCCOC(=O)CC1C(=O)NCCN1C=C(C#N)C#N. The van der Waals surface area contributed by atoms with Crippen molar-refractivity contribution < 1.29 is 14.3 Å². The van der Waals surface area contributed by atoms with E-state index in [0.717, 1.165) is 0 Å². The lowest BCUT2D eigenvalue weighted by atomic mass is 10.1. The summed E-state index contributed by atoms with van der Waals surface area (Å²) < 4.78 is 4.95. The molecule has 0 aromatic heterocycles. The Morgan fingerprint density at radius 3 is 2.85 bits per heavy atom. The monoisotopic (exact) mass is 276 g/mol. The highest BCUT2D eigenvalue weighted by Gasteiger charge is 2.30. The lowest BCUT2D eigenvalue weighted by Gasteiger charge is -2.33. The normalized spacial score (nSPS) is 17.4. The van der Waals surface area contributed by atoms with E-state index < -0.39 is 12.0 Å². The van der Waals surface area contributed by atoms with Crippen LogP contribution in [0.5, 0.6) is 0 Å². The molecule has 1 unspecified atom stereocenters. The average Bonchev–Trinajstić information content (AvgIpc) is 2.45. The maximum absolute atomic E-state index is 11.8. The summed E-state index contributed by atoms with van der Waals surface area (Å²) in [4.78, 5) is 25.0. The van der Waals surface area contributed by atoms with Crippen molar-refractivity contribution in [3.8, 4) is 12.1 Å². The maximum atomic E-state index is 11.8. The predicted octanol–water partition coefficient (Wildman–Crippen LogP) is 0.0612. The number of piperazine rings is 1. The molecule has 1 saturated heterocycles. The van der Waals surface area contributed by atoms with Crippen molar-refractivity contribution in [3.63, 3.8) is 0 Å². The molecule has 0 aliphatic carbocycles. The summed E-state index contributed by atoms with van der Waals surface area (Å²) in [6, 6.07) is 2.72. The van der Waals surface area contributed by atoms with Crippen LogP contribution in [0.1, 0.15) is 19.8 Å². The number of amides is 1. The van der Waals surface area contributed by atoms with Crippen molar-refractivity contribution in [2.75, 3.05) is 19.7 Å². The second kappa shape index (κ2) is 7.80. The Hall–Kier alpha value is -2.54. The molecule has 1 fully saturated rings. The number of esters is 1. The van der Waals surface area contributed by atoms with Crippen LogP contribution in [0.15, 0.2) is 11.8 Å². The molecule has 1 rings (SSSR count). The first-order valence-corrected chi connectivity index (χ1v) is 6.33. The third-order valence-corrected chi connectivity index (χ3v) is 2.74. The van der Waals surface area contributed by atoms with Gasteiger partial charge in [-0.15, -0.1) is 0 Å². The van der Waals surface area contributed by atoms with Gasteiger partial charge in [-0.1, -0.05) is 6.92 Å². The Kier molecular flexibility index (Phi) is 6.05. The highest BCUT2D eigenvalue weighted by molar-refractivity contribution is 5.87. The second-order valence-electron chi connectivity index (χ2n) is 4.24. The van der Waals surface area contributed by atoms with Crippen molar-refractivity contribution in [1.29, 1.82) is 10.5 Å². The third-order valence-electron chi connectivity index (χ3n) is 2.74. The summed E-state index contributed by atoms with van der Waals surface area (Å²) in [6.45, 7) is 3.02. The number of carbonyl (C=O) groups is 2. The van der Waals surface area contributed by atoms with Crippen LogP contribution < -0.4 is 5.32 Å². The van der Waals surface area contributed by atoms with Crippen LogP contribution in [0.25, 0.3) is 0 Å². The van der Waals surface area contributed by atoms with Gasteiger partial charge in [-0.3, -0.25) is 9.59 Å². The van der Waals surface area contributed by atoms with Crippen LogP contribution in [0.3, 0.4) is 0 Å². The first-order chi connectivity index (χ1) is 9.62. The lowest BCUT2D eigenvalue weighted by molar-refractivity contribution is -0.147. The van der Waals surface area contributed by atoms with Crippen molar-refractivity contribution in [1.82, 2.24) is 10.2 Å².